The van der Waals surface area contributed by atoms with Gasteiger partial charge in [-0.25, -0.2) is 9.37 Å². The summed E-state index contributed by atoms with van der Waals surface area (Å²) in [7, 11) is -1.05. The first-order chi connectivity index (χ1) is 17.9. The molecule has 0 saturated carbocycles. The minimum Gasteiger partial charge on any atom is -0.350 e. The maximum absolute atomic E-state index is 14.5. The first-order valence-electron chi connectivity index (χ1n) is 12.3. The molecule has 1 amide bonds. The van der Waals surface area contributed by atoms with E-state index in [1.165, 1.54) is 12.1 Å². The number of benzene rings is 2. The van der Waals surface area contributed by atoms with Gasteiger partial charge in [0.1, 0.15) is 11.5 Å². The molecule has 5 rings (SSSR count). The Morgan fingerprint density at radius 1 is 1.19 bits per heavy atom. The van der Waals surface area contributed by atoms with Crippen molar-refractivity contribution in [1.29, 1.82) is 0 Å². The summed E-state index contributed by atoms with van der Waals surface area (Å²) in [4.78, 5) is 24.9. The molecule has 1 aliphatic heterocycles. The average molecular weight is 521 g/mol. The molecular formula is C27H29FN6O2S. The molecule has 2 N–H and O–H groups in total. The summed E-state index contributed by atoms with van der Waals surface area (Å²) in [6.45, 7) is 4.57. The Bertz CT molecular complexity index is 1460. The van der Waals surface area contributed by atoms with E-state index in [0.29, 0.717) is 23.8 Å². The zero-order valence-electron chi connectivity index (χ0n) is 20.8. The molecule has 37 heavy (non-hydrogen) atoms. The smallest absolute Gasteiger partial charge is 0.254 e. The number of likely N-dealkylation sites (tertiary alicyclic amines) is 1. The molecule has 1 aliphatic rings. The quantitative estimate of drug-likeness (QED) is 0.361. The molecule has 0 bridgehead atoms. The average Bonchev–Trinajstić information content (AvgIpc) is 3.55. The predicted molar refractivity (Wildman–Crippen MR) is 143 cm³/mol. The zero-order valence-corrected chi connectivity index (χ0v) is 21.6. The summed E-state index contributed by atoms with van der Waals surface area (Å²) in [5, 5.41) is 6.83. The van der Waals surface area contributed by atoms with Crippen LogP contribution in [0.5, 0.6) is 0 Å². The van der Waals surface area contributed by atoms with Crippen LogP contribution in [0.1, 0.15) is 30.1 Å². The molecule has 2 atom stereocenters. The second-order valence-electron chi connectivity index (χ2n) is 9.06. The third-order valence-electron chi connectivity index (χ3n) is 6.74. The normalized spacial score (nSPS) is 16.7. The fraction of sp³-hybridized carbons (Fsp3) is 0.296. The SMILES string of the molecule is CCN1CCCC1CNC(=O)c1cc(Nc2ncc3ccn(-c4ccc(S(C)=O)cc4)c3n2)ccc1F. The monoisotopic (exact) mass is 520 g/mol. The highest BCUT2D eigenvalue weighted by molar-refractivity contribution is 7.84. The lowest BCUT2D eigenvalue weighted by atomic mass is 10.1. The van der Waals surface area contributed by atoms with Crippen molar-refractivity contribution >= 4 is 39.4 Å². The number of halogens is 1. The van der Waals surface area contributed by atoms with Gasteiger partial charge in [-0.05, 0) is 74.5 Å². The van der Waals surface area contributed by atoms with Crippen molar-refractivity contribution in [2.75, 3.05) is 31.2 Å². The van der Waals surface area contributed by atoms with Crippen molar-refractivity contribution < 1.29 is 13.4 Å². The van der Waals surface area contributed by atoms with Gasteiger partial charge in [-0.3, -0.25) is 13.9 Å². The van der Waals surface area contributed by atoms with Crippen LogP contribution in [0.3, 0.4) is 0 Å². The van der Waals surface area contributed by atoms with E-state index in [1.807, 2.05) is 41.1 Å². The van der Waals surface area contributed by atoms with Gasteiger partial charge in [0.05, 0.1) is 5.56 Å². The molecule has 0 spiro atoms. The van der Waals surface area contributed by atoms with Gasteiger partial charge in [0.2, 0.25) is 5.95 Å². The third-order valence-corrected chi connectivity index (χ3v) is 7.68. The molecule has 8 nitrogen and oxygen atoms in total. The van der Waals surface area contributed by atoms with Crippen LogP contribution in [-0.4, -0.2) is 61.5 Å². The largest absolute Gasteiger partial charge is 0.350 e. The van der Waals surface area contributed by atoms with Crippen molar-refractivity contribution in [3.05, 3.63) is 72.3 Å². The maximum atomic E-state index is 14.5. The third kappa shape index (κ3) is 5.40. The molecule has 2 unspecified atom stereocenters. The number of carbonyl (C=O) groups excluding carboxylic acids is 1. The van der Waals surface area contributed by atoms with E-state index >= 15 is 0 Å². The van der Waals surface area contributed by atoms with E-state index < -0.39 is 22.5 Å². The Morgan fingerprint density at radius 2 is 2.00 bits per heavy atom. The Balaban J connectivity index is 1.34. The lowest BCUT2D eigenvalue weighted by Gasteiger charge is -2.23. The fourth-order valence-corrected chi connectivity index (χ4v) is 5.26. The van der Waals surface area contributed by atoms with Crippen LogP contribution in [-0.2, 0) is 10.8 Å². The number of carbonyl (C=O) groups is 1. The van der Waals surface area contributed by atoms with Crippen LogP contribution in [0.25, 0.3) is 16.7 Å². The molecule has 4 aromatic rings. The van der Waals surface area contributed by atoms with E-state index in [-0.39, 0.29) is 11.6 Å². The number of likely N-dealkylation sites (N-methyl/N-ethyl adjacent to an activating group) is 1. The second kappa shape index (κ2) is 10.8. The molecule has 2 aromatic heterocycles. The highest BCUT2D eigenvalue weighted by Crippen LogP contribution is 2.23. The van der Waals surface area contributed by atoms with Crippen molar-refractivity contribution in [3.63, 3.8) is 0 Å². The van der Waals surface area contributed by atoms with Crippen molar-refractivity contribution in [1.82, 2.24) is 24.8 Å². The Morgan fingerprint density at radius 3 is 2.76 bits per heavy atom. The number of nitrogens with zero attached hydrogens (tertiary/aromatic N) is 4. The number of nitrogens with one attached hydrogen (secondary N) is 2. The molecule has 3 heterocycles. The van der Waals surface area contributed by atoms with Gasteiger partial charge < -0.3 is 15.2 Å². The summed E-state index contributed by atoms with van der Waals surface area (Å²) in [5.74, 6) is -0.699. The molecule has 1 saturated heterocycles. The number of amides is 1. The summed E-state index contributed by atoms with van der Waals surface area (Å²) in [5.41, 5.74) is 2.04. The van der Waals surface area contributed by atoms with Gasteiger partial charge in [-0.15, -0.1) is 0 Å². The number of hydrogen-bond acceptors (Lipinski definition) is 6. The first kappa shape index (κ1) is 25.0. The number of fused-ring (bicyclic) bond motifs is 1. The molecule has 10 heteroatoms. The Kier molecular flexibility index (Phi) is 7.29. The van der Waals surface area contributed by atoms with Gasteiger partial charge in [0, 0.05) is 63.7 Å². The summed E-state index contributed by atoms with van der Waals surface area (Å²) in [6.07, 6.45) is 7.38. The standard InChI is InChI=1S/C27H29FN6O2S/c1-3-33-13-4-5-21(33)17-29-26(35)23-15-19(6-11-24(23)28)31-27-30-16-18-12-14-34(25(18)32-27)20-7-9-22(10-8-20)37(2)36/h6-12,14-16,21H,3-5,13,17H2,1-2H3,(H,29,35)(H,30,31,32). The van der Waals surface area contributed by atoms with Crippen LogP contribution in [0.2, 0.25) is 0 Å². The minimum atomic E-state index is -1.05. The van der Waals surface area contributed by atoms with Gasteiger partial charge >= 0.3 is 0 Å². The Hall–Kier alpha value is -3.63. The maximum Gasteiger partial charge on any atom is 0.254 e. The summed E-state index contributed by atoms with van der Waals surface area (Å²) in [6, 6.07) is 13.9. The first-order valence-corrected chi connectivity index (χ1v) is 13.9. The molecule has 0 aliphatic carbocycles. The molecule has 2 aromatic carbocycles. The lowest BCUT2D eigenvalue weighted by Crippen LogP contribution is -2.40. The topological polar surface area (TPSA) is 92.2 Å². The van der Waals surface area contributed by atoms with E-state index in [2.05, 4.69) is 32.4 Å². The highest BCUT2D eigenvalue weighted by Gasteiger charge is 2.24. The van der Waals surface area contributed by atoms with E-state index in [9.17, 15) is 13.4 Å². The van der Waals surface area contributed by atoms with Gasteiger partial charge in [-0.2, -0.15) is 4.98 Å². The number of rotatable bonds is 8. The van der Waals surface area contributed by atoms with Gasteiger partial charge in [-0.1, -0.05) is 6.92 Å². The van der Waals surface area contributed by atoms with E-state index in [4.69, 9.17) is 0 Å². The van der Waals surface area contributed by atoms with E-state index in [0.717, 1.165) is 41.9 Å². The second-order valence-corrected chi connectivity index (χ2v) is 10.4. The Labute approximate surface area is 217 Å². The summed E-state index contributed by atoms with van der Waals surface area (Å²) >= 11 is 0. The molecule has 192 valence electrons. The van der Waals surface area contributed by atoms with Crippen molar-refractivity contribution in [2.45, 2.75) is 30.7 Å². The van der Waals surface area contributed by atoms with Crippen LogP contribution in [0.15, 0.2) is 65.8 Å². The van der Waals surface area contributed by atoms with Crippen LogP contribution >= 0.6 is 0 Å². The fourth-order valence-electron chi connectivity index (χ4n) is 4.74. The predicted octanol–water partition coefficient (Wildman–Crippen LogP) is 4.25. The number of hydrogen-bond donors (Lipinski definition) is 2. The molecular weight excluding hydrogens is 491 g/mol. The van der Waals surface area contributed by atoms with Crippen LogP contribution in [0.4, 0.5) is 16.0 Å². The van der Waals surface area contributed by atoms with E-state index in [1.54, 1.807) is 18.5 Å². The number of aromatic nitrogens is 3. The molecule has 1 fully saturated rings. The number of anilines is 2. The van der Waals surface area contributed by atoms with Crippen LogP contribution < -0.4 is 10.6 Å². The molecule has 0 radical (unpaired) electrons. The van der Waals surface area contributed by atoms with Gasteiger partial charge in [0.25, 0.3) is 5.91 Å². The van der Waals surface area contributed by atoms with Crippen molar-refractivity contribution in [3.8, 4) is 5.69 Å². The zero-order chi connectivity index (χ0) is 25.9. The summed E-state index contributed by atoms with van der Waals surface area (Å²) < 4.78 is 28.2. The van der Waals surface area contributed by atoms with Gasteiger partial charge in [0.15, 0.2) is 0 Å². The van der Waals surface area contributed by atoms with Crippen LogP contribution in [0, 0.1) is 5.82 Å². The minimum absolute atomic E-state index is 0.0242. The highest BCUT2D eigenvalue weighted by atomic mass is 32.2. The van der Waals surface area contributed by atoms with Crippen molar-refractivity contribution in [2.24, 2.45) is 0 Å². The lowest BCUT2D eigenvalue weighted by molar-refractivity contribution is 0.0937.